The summed E-state index contributed by atoms with van der Waals surface area (Å²) in [6, 6.07) is 14.2. The molecule has 2 aromatic carbocycles. The molecule has 0 heterocycles. The second-order valence-electron chi connectivity index (χ2n) is 4.15. The van der Waals surface area contributed by atoms with E-state index in [1.807, 2.05) is 12.1 Å². The number of carbonyl (C=O) groups excluding carboxylic acids is 2. The van der Waals surface area contributed by atoms with Crippen LogP contribution < -0.4 is 5.32 Å². The number of rotatable bonds is 4. The van der Waals surface area contributed by atoms with Crippen LogP contribution in [0.1, 0.15) is 10.4 Å². The minimum atomic E-state index is -0.516. The number of nitrogens with one attached hydrogen (secondary N) is 1. The first-order valence-electron chi connectivity index (χ1n) is 6.03. The van der Waals surface area contributed by atoms with Crippen molar-refractivity contribution in [2.75, 3.05) is 11.9 Å². The molecule has 21 heavy (non-hydrogen) atoms. The highest BCUT2D eigenvalue weighted by Gasteiger charge is 2.10. The maximum atomic E-state index is 11.8. The molecule has 0 fully saturated rings. The highest BCUT2D eigenvalue weighted by Crippen LogP contribution is 2.15. The standard InChI is InChI=1S/C15H11BrINO3/c16-11-4-2-6-13(8-11)18-14(19)9-21-15(20)10-3-1-5-12(17)7-10/h1-8H,9H2,(H,18,19). The molecule has 0 saturated carbocycles. The Balaban J connectivity index is 1.88. The first kappa shape index (κ1) is 16.0. The summed E-state index contributed by atoms with van der Waals surface area (Å²) >= 11 is 5.42. The number of esters is 1. The predicted molar refractivity (Wildman–Crippen MR) is 92.2 cm³/mol. The quantitative estimate of drug-likeness (QED) is 0.558. The molecular weight excluding hydrogens is 449 g/mol. The molecule has 0 spiro atoms. The number of hydrogen-bond donors (Lipinski definition) is 1. The van der Waals surface area contributed by atoms with E-state index in [9.17, 15) is 9.59 Å². The van der Waals surface area contributed by atoms with Gasteiger partial charge in [0.25, 0.3) is 5.91 Å². The van der Waals surface area contributed by atoms with Crippen molar-refractivity contribution in [2.45, 2.75) is 0 Å². The third-order valence-electron chi connectivity index (χ3n) is 2.50. The van der Waals surface area contributed by atoms with E-state index in [0.717, 1.165) is 8.04 Å². The molecule has 2 rings (SSSR count). The van der Waals surface area contributed by atoms with Crippen molar-refractivity contribution in [2.24, 2.45) is 0 Å². The van der Waals surface area contributed by atoms with E-state index in [1.54, 1.807) is 36.4 Å². The molecule has 0 aromatic heterocycles. The molecule has 0 bridgehead atoms. The van der Waals surface area contributed by atoms with E-state index in [-0.39, 0.29) is 12.5 Å². The van der Waals surface area contributed by atoms with Gasteiger partial charge in [-0.2, -0.15) is 0 Å². The van der Waals surface area contributed by atoms with Crippen molar-refractivity contribution < 1.29 is 14.3 Å². The molecule has 2 aromatic rings. The molecule has 0 aliphatic carbocycles. The van der Waals surface area contributed by atoms with E-state index < -0.39 is 5.97 Å². The molecule has 4 nitrogen and oxygen atoms in total. The van der Waals surface area contributed by atoms with Gasteiger partial charge in [0.1, 0.15) is 0 Å². The molecule has 108 valence electrons. The zero-order chi connectivity index (χ0) is 15.2. The van der Waals surface area contributed by atoms with E-state index in [1.165, 1.54) is 0 Å². The highest BCUT2D eigenvalue weighted by atomic mass is 127. The van der Waals surface area contributed by atoms with E-state index in [2.05, 4.69) is 43.8 Å². The van der Waals surface area contributed by atoms with Gasteiger partial charge >= 0.3 is 5.97 Å². The summed E-state index contributed by atoms with van der Waals surface area (Å²) in [5, 5.41) is 2.65. The van der Waals surface area contributed by atoms with Crippen LogP contribution >= 0.6 is 38.5 Å². The van der Waals surface area contributed by atoms with E-state index >= 15 is 0 Å². The lowest BCUT2D eigenvalue weighted by Gasteiger charge is -2.07. The SMILES string of the molecule is O=C(COC(=O)c1cccc(I)c1)Nc1cccc(Br)c1. The van der Waals surface area contributed by atoms with Gasteiger partial charge in [-0.25, -0.2) is 4.79 Å². The van der Waals surface area contributed by atoms with Gasteiger partial charge in [0, 0.05) is 13.7 Å². The Morgan fingerprint density at radius 1 is 1.14 bits per heavy atom. The fourth-order valence-corrected chi connectivity index (χ4v) is 2.54. The molecule has 0 radical (unpaired) electrons. The second-order valence-corrected chi connectivity index (χ2v) is 6.31. The third-order valence-corrected chi connectivity index (χ3v) is 3.67. The van der Waals surface area contributed by atoms with Crippen LogP contribution in [0.25, 0.3) is 0 Å². The van der Waals surface area contributed by atoms with E-state index in [0.29, 0.717) is 11.3 Å². The van der Waals surface area contributed by atoms with Crippen LogP contribution in [-0.4, -0.2) is 18.5 Å². The van der Waals surface area contributed by atoms with Crippen LogP contribution in [0, 0.1) is 3.57 Å². The summed E-state index contributed by atoms with van der Waals surface area (Å²) in [6.07, 6.45) is 0. The van der Waals surface area contributed by atoms with E-state index in [4.69, 9.17) is 4.74 Å². The first-order chi connectivity index (χ1) is 10.0. The smallest absolute Gasteiger partial charge is 0.338 e. The number of amides is 1. The number of anilines is 1. The van der Waals surface area contributed by atoms with Gasteiger partial charge in [-0.1, -0.05) is 28.1 Å². The summed E-state index contributed by atoms with van der Waals surface area (Å²) in [7, 11) is 0. The van der Waals surface area contributed by atoms with Crippen LogP contribution in [0.5, 0.6) is 0 Å². The van der Waals surface area contributed by atoms with Crippen molar-refractivity contribution in [3.63, 3.8) is 0 Å². The zero-order valence-electron chi connectivity index (χ0n) is 10.8. The van der Waals surface area contributed by atoms with Crippen molar-refractivity contribution in [1.29, 1.82) is 0 Å². The zero-order valence-corrected chi connectivity index (χ0v) is 14.6. The number of halogens is 2. The second kappa shape index (κ2) is 7.56. The normalized spacial score (nSPS) is 10.0. The Morgan fingerprint density at radius 2 is 1.90 bits per heavy atom. The predicted octanol–water partition coefficient (Wildman–Crippen LogP) is 3.85. The summed E-state index contributed by atoms with van der Waals surface area (Å²) in [4.78, 5) is 23.5. The lowest BCUT2D eigenvalue weighted by atomic mass is 10.2. The lowest BCUT2D eigenvalue weighted by Crippen LogP contribution is -2.20. The Hall–Kier alpha value is -1.41. The van der Waals surface area contributed by atoms with Gasteiger partial charge in [-0.15, -0.1) is 0 Å². The number of ether oxygens (including phenoxy) is 1. The van der Waals surface area contributed by atoms with Crippen LogP contribution in [0.15, 0.2) is 53.0 Å². The molecule has 0 atom stereocenters. The van der Waals surface area contributed by atoms with Gasteiger partial charge in [-0.05, 0) is 59.0 Å². The monoisotopic (exact) mass is 459 g/mol. The van der Waals surface area contributed by atoms with Crippen LogP contribution in [0.3, 0.4) is 0 Å². The molecule has 0 aliphatic rings. The average Bonchev–Trinajstić information content (AvgIpc) is 2.45. The maximum absolute atomic E-state index is 11.8. The first-order valence-corrected chi connectivity index (χ1v) is 7.90. The molecular formula is C15H11BrINO3. The molecule has 0 unspecified atom stereocenters. The largest absolute Gasteiger partial charge is 0.452 e. The summed E-state index contributed by atoms with van der Waals surface area (Å²) < 4.78 is 6.77. The van der Waals surface area contributed by atoms with Crippen molar-refractivity contribution in [3.8, 4) is 0 Å². The van der Waals surface area contributed by atoms with Gasteiger partial charge in [-0.3, -0.25) is 4.79 Å². The Kier molecular flexibility index (Phi) is 5.75. The van der Waals surface area contributed by atoms with Crippen LogP contribution in [0.4, 0.5) is 5.69 Å². The topological polar surface area (TPSA) is 55.4 Å². The summed E-state index contributed by atoms with van der Waals surface area (Å²) in [5.41, 5.74) is 1.07. The van der Waals surface area contributed by atoms with Crippen molar-refractivity contribution in [1.82, 2.24) is 0 Å². The summed E-state index contributed by atoms with van der Waals surface area (Å²) in [5.74, 6) is -0.898. The number of hydrogen-bond acceptors (Lipinski definition) is 3. The fraction of sp³-hybridized carbons (Fsp3) is 0.0667. The minimum absolute atomic E-state index is 0.323. The van der Waals surface area contributed by atoms with Crippen LogP contribution in [0.2, 0.25) is 0 Å². The fourth-order valence-electron chi connectivity index (χ4n) is 1.59. The van der Waals surface area contributed by atoms with Gasteiger partial charge in [0.15, 0.2) is 6.61 Å². The molecule has 0 aliphatic heterocycles. The molecule has 0 saturated heterocycles. The van der Waals surface area contributed by atoms with Crippen LogP contribution in [-0.2, 0) is 9.53 Å². The molecule has 1 N–H and O–H groups in total. The maximum Gasteiger partial charge on any atom is 0.338 e. The lowest BCUT2D eigenvalue weighted by molar-refractivity contribution is -0.119. The number of carbonyl (C=O) groups is 2. The van der Waals surface area contributed by atoms with Gasteiger partial charge < -0.3 is 10.1 Å². The Labute approximate surface area is 144 Å². The summed E-state index contributed by atoms with van der Waals surface area (Å²) in [6.45, 7) is -0.323. The molecule has 1 amide bonds. The Morgan fingerprint density at radius 3 is 2.62 bits per heavy atom. The van der Waals surface area contributed by atoms with Gasteiger partial charge in [0.2, 0.25) is 0 Å². The van der Waals surface area contributed by atoms with Crippen molar-refractivity contribution in [3.05, 3.63) is 62.1 Å². The van der Waals surface area contributed by atoms with Crippen molar-refractivity contribution >= 4 is 56.1 Å². The third kappa shape index (κ3) is 5.13. The molecule has 6 heteroatoms. The highest BCUT2D eigenvalue weighted by molar-refractivity contribution is 14.1. The van der Waals surface area contributed by atoms with Gasteiger partial charge in [0.05, 0.1) is 5.56 Å². The number of benzene rings is 2. The minimum Gasteiger partial charge on any atom is -0.452 e. The average molecular weight is 460 g/mol. The Bertz CT molecular complexity index is 675.